The van der Waals surface area contributed by atoms with Crippen molar-refractivity contribution in [2.24, 2.45) is 0 Å². The number of phenols is 1. The van der Waals surface area contributed by atoms with E-state index in [4.69, 9.17) is 9.47 Å². The molecule has 126 valence electrons. The summed E-state index contributed by atoms with van der Waals surface area (Å²) < 4.78 is 11.8. The van der Waals surface area contributed by atoms with Gasteiger partial charge in [0, 0.05) is 5.56 Å². The predicted molar refractivity (Wildman–Crippen MR) is 98.0 cm³/mol. The summed E-state index contributed by atoms with van der Waals surface area (Å²) in [6.07, 6.45) is 4.10. The summed E-state index contributed by atoms with van der Waals surface area (Å²) in [5.74, 6) is 1.25. The number of aromatic hydroxyl groups is 1. The topological polar surface area (TPSA) is 55.8 Å². The van der Waals surface area contributed by atoms with Crippen molar-refractivity contribution in [2.45, 2.75) is 13.3 Å². The monoisotopic (exact) mass is 390 g/mol. The van der Waals surface area contributed by atoms with Crippen molar-refractivity contribution < 1.29 is 19.4 Å². The van der Waals surface area contributed by atoms with Crippen LogP contribution >= 0.6 is 15.9 Å². The molecule has 0 amide bonds. The molecule has 2 aromatic rings. The second-order valence-corrected chi connectivity index (χ2v) is 5.98. The van der Waals surface area contributed by atoms with Gasteiger partial charge in [-0.1, -0.05) is 13.0 Å². The van der Waals surface area contributed by atoms with E-state index in [0.29, 0.717) is 23.7 Å². The normalized spacial score (nSPS) is 10.8. The van der Waals surface area contributed by atoms with Gasteiger partial charge in [0.25, 0.3) is 0 Å². The predicted octanol–water partition coefficient (Wildman–Crippen LogP) is 4.85. The first-order valence-electron chi connectivity index (χ1n) is 7.57. The third-order valence-corrected chi connectivity index (χ3v) is 3.87. The van der Waals surface area contributed by atoms with Gasteiger partial charge in [-0.15, -0.1) is 0 Å². The minimum Gasteiger partial charge on any atom is -0.508 e. The number of carbonyl (C=O) groups is 1. The van der Waals surface area contributed by atoms with Crippen molar-refractivity contribution in [3.05, 3.63) is 58.1 Å². The van der Waals surface area contributed by atoms with Crippen LogP contribution in [-0.2, 0) is 0 Å². The standard InChI is InChI=1S/C19H19BrO4/c1-3-10-24-19-16(20)11-13(12-18(19)23-2)4-9-17(22)14-5-7-15(21)8-6-14/h4-9,11-12,21H,3,10H2,1-2H3. The Hall–Kier alpha value is -2.27. The molecule has 0 aliphatic carbocycles. The molecule has 4 nitrogen and oxygen atoms in total. The number of methoxy groups -OCH3 is 1. The Morgan fingerprint density at radius 2 is 1.96 bits per heavy atom. The van der Waals surface area contributed by atoms with Crippen LogP contribution in [0.1, 0.15) is 29.3 Å². The second kappa shape index (κ2) is 8.55. The molecule has 0 aliphatic rings. The zero-order valence-corrected chi connectivity index (χ0v) is 15.2. The molecule has 2 rings (SSSR count). The summed E-state index contributed by atoms with van der Waals surface area (Å²) in [5, 5.41) is 9.26. The molecule has 0 radical (unpaired) electrons. The van der Waals surface area contributed by atoms with E-state index in [9.17, 15) is 9.90 Å². The van der Waals surface area contributed by atoms with Gasteiger partial charge in [0.2, 0.25) is 0 Å². The molecule has 0 saturated carbocycles. The summed E-state index contributed by atoms with van der Waals surface area (Å²) in [7, 11) is 1.58. The highest BCUT2D eigenvalue weighted by molar-refractivity contribution is 9.10. The van der Waals surface area contributed by atoms with Crippen LogP contribution in [0.15, 0.2) is 46.9 Å². The minimum atomic E-state index is -0.142. The third-order valence-electron chi connectivity index (χ3n) is 3.28. The first-order chi connectivity index (χ1) is 11.5. The molecule has 2 aromatic carbocycles. The van der Waals surface area contributed by atoms with E-state index < -0.39 is 0 Å². The van der Waals surface area contributed by atoms with Crippen molar-refractivity contribution >= 4 is 27.8 Å². The van der Waals surface area contributed by atoms with Gasteiger partial charge < -0.3 is 14.6 Å². The Balaban J connectivity index is 2.21. The van der Waals surface area contributed by atoms with Gasteiger partial charge in [0.1, 0.15) is 5.75 Å². The molecule has 24 heavy (non-hydrogen) atoms. The van der Waals surface area contributed by atoms with E-state index >= 15 is 0 Å². The zero-order valence-electron chi connectivity index (χ0n) is 13.6. The molecule has 0 saturated heterocycles. The van der Waals surface area contributed by atoms with E-state index in [2.05, 4.69) is 15.9 Å². The Kier molecular flexibility index (Phi) is 6.44. The van der Waals surface area contributed by atoms with Gasteiger partial charge in [-0.2, -0.15) is 0 Å². The Labute approximate surface area is 149 Å². The first kappa shape index (κ1) is 18.1. The van der Waals surface area contributed by atoms with Crippen LogP contribution in [0.2, 0.25) is 0 Å². The fourth-order valence-electron chi connectivity index (χ4n) is 2.07. The van der Waals surface area contributed by atoms with Gasteiger partial charge in [0.05, 0.1) is 18.2 Å². The lowest BCUT2D eigenvalue weighted by Gasteiger charge is -2.12. The summed E-state index contributed by atoms with van der Waals surface area (Å²) in [5.41, 5.74) is 1.33. The molecule has 5 heteroatoms. The lowest BCUT2D eigenvalue weighted by Crippen LogP contribution is -1.99. The van der Waals surface area contributed by atoms with Crippen LogP contribution in [0.5, 0.6) is 17.2 Å². The number of allylic oxidation sites excluding steroid dienone is 1. The van der Waals surface area contributed by atoms with E-state index in [1.807, 2.05) is 19.1 Å². The molecule has 0 aromatic heterocycles. The maximum Gasteiger partial charge on any atom is 0.185 e. The Morgan fingerprint density at radius 1 is 1.25 bits per heavy atom. The average molecular weight is 391 g/mol. The van der Waals surface area contributed by atoms with Gasteiger partial charge in [-0.3, -0.25) is 4.79 Å². The second-order valence-electron chi connectivity index (χ2n) is 5.13. The van der Waals surface area contributed by atoms with Crippen molar-refractivity contribution in [2.75, 3.05) is 13.7 Å². The average Bonchev–Trinajstić information content (AvgIpc) is 2.58. The molecular weight excluding hydrogens is 372 g/mol. The molecule has 0 atom stereocenters. The molecule has 1 N–H and O–H groups in total. The van der Waals surface area contributed by atoms with E-state index in [1.165, 1.54) is 18.2 Å². The fraction of sp³-hybridized carbons (Fsp3) is 0.211. The summed E-state index contributed by atoms with van der Waals surface area (Å²) in [6.45, 7) is 2.63. The number of hydrogen-bond acceptors (Lipinski definition) is 4. The van der Waals surface area contributed by atoms with Gasteiger partial charge in [-0.05, 0) is 70.4 Å². The van der Waals surface area contributed by atoms with Crippen molar-refractivity contribution in [3.8, 4) is 17.2 Å². The van der Waals surface area contributed by atoms with Crippen LogP contribution in [0.3, 0.4) is 0 Å². The van der Waals surface area contributed by atoms with Gasteiger partial charge >= 0.3 is 0 Å². The summed E-state index contributed by atoms with van der Waals surface area (Å²) in [4.78, 5) is 12.1. The smallest absolute Gasteiger partial charge is 0.185 e. The van der Waals surface area contributed by atoms with Crippen molar-refractivity contribution in [1.82, 2.24) is 0 Å². The van der Waals surface area contributed by atoms with E-state index in [1.54, 1.807) is 25.3 Å². The van der Waals surface area contributed by atoms with Crippen LogP contribution in [0, 0.1) is 0 Å². The number of benzene rings is 2. The molecule has 0 aliphatic heterocycles. The number of halogens is 1. The number of ether oxygens (including phenoxy) is 2. The number of rotatable bonds is 7. The Bertz CT molecular complexity index is 736. The van der Waals surface area contributed by atoms with Crippen LogP contribution < -0.4 is 9.47 Å². The summed E-state index contributed by atoms with van der Waals surface area (Å²) in [6, 6.07) is 9.83. The minimum absolute atomic E-state index is 0.131. The van der Waals surface area contributed by atoms with E-state index in [0.717, 1.165) is 16.5 Å². The maximum atomic E-state index is 12.1. The van der Waals surface area contributed by atoms with Gasteiger partial charge in [-0.25, -0.2) is 0 Å². The van der Waals surface area contributed by atoms with Crippen LogP contribution in [0.4, 0.5) is 0 Å². The highest BCUT2D eigenvalue weighted by Crippen LogP contribution is 2.37. The van der Waals surface area contributed by atoms with Crippen molar-refractivity contribution in [1.29, 1.82) is 0 Å². The number of hydrogen-bond donors (Lipinski definition) is 1. The molecule has 0 spiro atoms. The zero-order chi connectivity index (χ0) is 17.5. The van der Waals surface area contributed by atoms with Crippen LogP contribution in [0.25, 0.3) is 6.08 Å². The summed E-state index contributed by atoms with van der Waals surface area (Å²) >= 11 is 3.48. The maximum absolute atomic E-state index is 12.1. The number of phenolic OH excluding ortho intramolecular Hbond substituents is 1. The lowest BCUT2D eigenvalue weighted by atomic mass is 10.1. The van der Waals surface area contributed by atoms with Crippen molar-refractivity contribution in [3.63, 3.8) is 0 Å². The SMILES string of the molecule is CCCOc1c(Br)cc(C=CC(=O)c2ccc(O)cc2)cc1OC. The Morgan fingerprint density at radius 3 is 2.58 bits per heavy atom. The highest BCUT2D eigenvalue weighted by Gasteiger charge is 2.11. The molecule has 0 bridgehead atoms. The molecular formula is C19H19BrO4. The number of ketones is 1. The largest absolute Gasteiger partial charge is 0.508 e. The third kappa shape index (κ3) is 4.61. The molecule has 0 unspecified atom stereocenters. The molecule has 0 heterocycles. The molecule has 0 fully saturated rings. The first-order valence-corrected chi connectivity index (χ1v) is 8.36. The van der Waals surface area contributed by atoms with Gasteiger partial charge in [0.15, 0.2) is 17.3 Å². The lowest BCUT2D eigenvalue weighted by molar-refractivity contribution is 0.104. The quantitative estimate of drug-likeness (QED) is 0.542. The van der Waals surface area contributed by atoms with Crippen LogP contribution in [-0.4, -0.2) is 24.6 Å². The highest BCUT2D eigenvalue weighted by atomic mass is 79.9. The fourth-order valence-corrected chi connectivity index (χ4v) is 2.65. The van der Waals surface area contributed by atoms with E-state index in [-0.39, 0.29) is 11.5 Å². The number of carbonyl (C=O) groups excluding carboxylic acids is 1.